The van der Waals surface area contributed by atoms with Crippen LogP contribution in [0.5, 0.6) is 0 Å². The van der Waals surface area contributed by atoms with Crippen molar-refractivity contribution >= 4 is 0 Å². The molecule has 4 N–H and O–H groups in total. The topological polar surface area (TPSA) is 69.9 Å². The molecule has 1 atom stereocenters. The van der Waals surface area contributed by atoms with Crippen molar-refractivity contribution in [3.05, 3.63) is 18.7 Å². The van der Waals surface area contributed by atoms with E-state index in [0.29, 0.717) is 6.54 Å². The molecule has 0 amide bonds. The first-order chi connectivity index (χ1) is 4.84. The third-order valence-corrected chi connectivity index (χ3v) is 1.37. The number of nitrogens with zero attached hydrogens (tertiary/aromatic N) is 2. The first kappa shape index (κ1) is 7.24. The highest BCUT2D eigenvalue weighted by atomic mass is 15.1. The van der Waals surface area contributed by atoms with E-state index in [0.717, 1.165) is 6.42 Å². The third-order valence-electron chi connectivity index (χ3n) is 1.37. The largest absolute Gasteiger partial charge is 0.330 e. The molecule has 0 aliphatic heterocycles. The zero-order valence-electron chi connectivity index (χ0n) is 5.77. The van der Waals surface area contributed by atoms with Crippen molar-refractivity contribution in [1.29, 1.82) is 0 Å². The van der Waals surface area contributed by atoms with Crippen LogP contribution in [0.25, 0.3) is 0 Å². The Labute approximate surface area is 59.8 Å². The molecule has 0 aliphatic rings. The molecule has 0 aromatic carbocycles. The lowest BCUT2D eigenvalue weighted by atomic mass is 10.3. The molecule has 1 aromatic rings. The van der Waals surface area contributed by atoms with Crippen LogP contribution in [-0.2, 0) is 0 Å². The van der Waals surface area contributed by atoms with Crippen molar-refractivity contribution < 1.29 is 0 Å². The molecule has 0 fully saturated rings. The summed E-state index contributed by atoms with van der Waals surface area (Å²) in [7, 11) is 0. The first-order valence-corrected chi connectivity index (χ1v) is 3.27. The fraction of sp³-hybridized carbons (Fsp3) is 0.500. The van der Waals surface area contributed by atoms with Crippen LogP contribution in [0.1, 0.15) is 12.6 Å². The lowest BCUT2D eigenvalue weighted by molar-refractivity contribution is 0.489. The summed E-state index contributed by atoms with van der Waals surface area (Å²) in [5.74, 6) is 0. The van der Waals surface area contributed by atoms with E-state index in [2.05, 4.69) is 4.98 Å². The van der Waals surface area contributed by atoms with E-state index in [1.54, 1.807) is 12.5 Å². The minimum absolute atomic E-state index is 0.0208. The van der Waals surface area contributed by atoms with E-state index in [4.69, 9.17) is 11.5 Å². The van der Waals surface area contributed by atoms with Crippen molar-refractivity contribution in [3.8, 4) is 0 Å². The van der Waals surface area contributed by atoms with Crippen molar-refractivity contribution in [2.45, 2.75) is 12.6 Å². The molecule has 4 heteroatoms. The molecule has 0 aliphatic carbocycles. The van der Waals surface area contributed by atoms with E-state index in [1.807, 2.05) is 10.8 Å². The molecule has 1 aromatic heterocycles. The monoisotopic (exact) mass is 140 g/mol. The van der Waals surface area contributed by atoms with Crippen LogP contribution in [0.4, 0.5) is 0 Å². The van der Waals surface area contributed by atoms with E-state index in [1.165, 1.54) is 0 Å². The second-order valence-corrected chi connectivity index (χ2v) is 2.15. The Balaban J connectivity index is 2.50. The van der Waals surface area contributed by atoms with Crippen molar-refractivity contribution in [2.75, 3.05) is 6.54 Å². The summed E-state index contributed by atoms with van der Waals surface area (Å²) < 4.78 is 1.84. The third kappa shape index (κ3) is 1.55. The number of nitrogens with two attached hydrogens (primary N) is 2. The van der Waals surface area contributed by atoms with Gasteiger partial charge in [0.2, 0.25) is 0 Å². The van der Waals surface area contributed by atoms with Crippen LogP contribution in [0.2, 0.25) is 0 Å². The molecule has 0 spiro atoms. The van der Waals surface area contributed by atoms with Crippen molar-refractivity contribution in [2.24, 2.45) is 11.5 Å². The van der Waals surface area contributed by atoms with Gasteiger partial charge in [-0.15, -0.1) is 0 Å². The quantitative estimate of drug-likeness (QED) is 0.605. The van der Waals surface area contributed by atoms with Gasteiger partial charge in [0.1, 0.15) is 0 Å². The zero-order chi connectivity index (χ0) is 7.40. The smallest absolute Gasteiger partial charge is 0.0959 e. The van der Waals surface area contributed by atoms with Crippen LogP contribution >= 0.6 is 0 Å². The molecular formula is C6H12N4. The maximum Gasteiger partial charge on any atom is 0.0959 e. The standard InChI is InChI=1S/C6H12N4/c7-2-1-6(8)10-4-3-9-5-10/h3-6H,1-2,7-8H2. The minimum Gasteiger partial charge on any atom is -0.330 e. The van der Waals surface area contributed by atoms with Gasteiger partial charge in [0, 0.05) is 12.4 Å². The van der Waals surface area contributed by atoms with Gasteiger partial charge in [0.25, 0.3) is 0 Å². The molecule has 10 heavy (non-hydrogen) atoms. The number of hydrogen-bond acceptors (Lipinski definition) is 3. The summed E-state index contributed by atoms with van der Waals surface area (Å²) in [5.41, 5.74) is 11.0. The Morgan fingerprint density at radius 3 is 2.90 bits per heavy atom. The van der Waals surface area contributed by atoms with Gasteiger partial charge < -0.3 is 16.0 Å². The fourth-order valence-electron chi connectivity index (χ4n) is 0.785. The van der Waals surface area contributed by atoms with E-state index < -0.39 is 0 Å². The molecule has 1 rings (SSSR count). The highest BCUT2D eigenvalue weighted by Crippen LogP contribution is 2.00. The minimum atomic E-state index is -0.0208. The van der Waals surface area contributed by atoms with Gasteiger partial charge in [-0.3, -0.25) is 0 Å². The van der Waals surface area contributed by atoms with Crippen molar-refractivity contribution in [1.82, 2.24) is 9.55 Å². The molecule has 1 heterocycles. The Bertz CT molecular complexity index is 170. The summed E-state index contributed by atoms with van der Waals surface area (Å²) in [5, 5.41) is 0. The molecular weight excluding hydrogens is 128 g/mol. The van der Waals surface area contributed by atoms with Crippen LogP contribution in [0, 0.1) is 0 Å². The Hall–Kier alpha value is -0.870. The van der Waals surface area contributed by atoms with E-state index >= 15 is 0 Å². The van der Waals surface area contributed by atoms with Crippen LogP contribution in [0.3, 0.4) is 0 Å². The van der Waals surface area contributed by atoms with Gasteiger partial charge in [0.05, 0.1) is 12.5 Å². The average molecular weight is 140 g/mol. The van der Waals surface area contributed by atoms with Crippen molar-refractivity contribution in [3.63, 3.8) is 0 Å². The SMILES string of the molecule is NCCC(N)n1ccnc1. The molecule has 4 nitrogen and oxygen atoms in total. The lowest BCUT2D eigenvalue weighted by Crippen LogP contribution is -2.20. The van der Waals surface area contributed by atoms with Gasteiger partial charge >= 0.3 is 0 Å². The summed E-state index contributed by atoms with van der Waals surface area (Å²) in [6.07, 6.45) is 6.00. The van der Waals surface area contributed by atoms with Gasteiger partial charge in [0.15, 0.2) is 0 Å². The van der Waals surface area contributed by atoms with Gasteiger partial charge in [-0.1, -0.05) is 0 Å². The van der Waals surface area contributed by atoms with E-state index in [-0.39, 0.29) is 6.17 Å². The first-order valence-electron chi connectivity index (χ1n) is 3.27. The molecule has 0 bridgehead atoms. The van der Waals surface area contributed by atoms with Crippen LogP contribution in [-0.4, -0.2) is 16.1 Å². The molecule has 0 saturated carbocycles. The number of imidazole rings is 1. The second-order valence-electron chi connectivity index (χ2n) is 2.15. The Kier molecular flexibility index (Phi) is 2.42. The predicted octanol–water partition coefficient (Wildman–Crippen LogP) is -0.311. The highest BCUT2D eigenvalue weighted by Gasteiger charge is 1.99. The normalized spacial score (nSPS) is 13.4. The van der Waals surface area contributed by atoms with Gasteiger partial charge in [-0.05, 0) is 13.0 Å². The Morgan fingerprint density at radius 1 is 1.60 bits per heavy atom. The summed E-state index contributed by atoms with van der Waals surface area (Å²) in [6.45, 7) is 0.610. The van der Waals surface area contributed by atoms with E-state index in [9.17, 15) is 0 Å². The highest BCUT2D eigenvalue weighted by molar-refractivity contribution is 4.77. The summed E-state index contributed by atoms with van der Waals surface area (Å²) >= 11 is 0. The maximum absolute atomic E-state index is 5.69. The van der Waals surface area contributed by atoms with Crippen LogP contribution < -0.4 is 11.5 Å². The number of hydrogen-bond donors (Lipinski definition) is 2. The summed E-state index contributed by atoms with van der Waals surface area (Å²) in [4.78, 5) is 3.87. The fourth-order valence-corrected chi connectivity index (χ4v) is 0.785. The average Bonchev–Trinajstić information content (AvgIpc) is 2.38. The molecule has 1 unspecified atom stereocenters. The number of aromatic nitrogens is 2. The molecule has 56 valence electrons. The second kappa shape index (κ2) is 3.34. The number of rotatable bonds is 3. The predicted molar refractivity (Wildman–Crippen MR) is 39.1 cm³/mol. The molecule has 0 saturated heterocycles. The van der Waals surface area contributed by atoms with Gasteiger partial charge in [-0.25, -0.2) is 4.98 Å². The lowest BCUT2D eigenvalue weighted by Gasteiger charge is -2.10. The molecule has 0 radical (unpaired) electrons. The van der Waals surface area contributed by atoms with Gasteiger partial charge in [-0.2, -0.15) is 0 Å². The Morgan fingerprint density at radius 2 is 2.40 bits per heavy atom. The zero-order valence-corrected chi connectivity index (χ0v) is 5.77. The summed E-state index contributed by atoms with van der Waals surface area (Å²) in [6, 6.07) is 0. The maximum atomic E-state index is 5.69. The van der Waals surface area contributed by atoms with Crippen LogP contribution in [0.15, 0.2) is 18.7 Å².